The maximum Gasteiger partial charge on any atom is 0.255 e. The van der Waals surface area contributed by atoms with E-state index in [4.69, 9.17) is 12.2 Å². The SMILES string of the molecule is CCNC(=S)Nc1ccc(NC(=O)c2cccc(C)c2)cc1. The van der Waals surface area contributed by atoms with Crippen LogP contribution in [0.1, 0.15) is 22.8 Å². The minimum Gasteiger partial charge on any atom is -0.363 e. The van der Waals surface area contributed by atoms with Gasteiger partial charge in [-0.15, -0.1) is 0 Å². The Hall–Kier alpha value is -2.40. The molecule has 0 saturated heterocycles. The van der Waals surface area contributed by atoms with Gasteiger partial charge in [-0.25, -0.2) is 0 Å². The summed E-state index contributed by atoms with van der Waals surface area (Å²) in [7, 11) is 0. The van der Waals surface area contributed by atoms with Gasteiger partial charge in [0, 0.05) is 23.5 Å². The number of aryl methyl sites for hydroxylation is 1. The molecule has 3 N–H and O–H groups in total. The highest BCUT2D eigenvalue weighted by Gasteiger charge is 2.06. The minimum absolute atomic E-state index is 0.118. The van der Waals surface area contributed by atoms with Crippen molar-refractivity contribution in [1.29, 1.82) is 0 Å². The number of benzene rings is 2. The van der Waals surface area contributed by atoms with E-state index in [-0.39, 0.29) is 5.91 Å². The van der Waals surface area contributed by atoms with Gasteiger partial charge in [0.1, 0.15) is 0 Å². The van der Waals surface area contributed by atoms with Gasteiger partial charge in [-0.3, -0.25) is 4.79 Å². The highest BCUT2D eigenvalue weighted by atomic mass is 32.1. The maximum absolute atomic E-state index is 12.2. The first-order chi connectivity index (χ1) is 10.6. The molecule has 0 aromatic heterocycles. The molecule has 0 bridgehead atoms. The molecule has 0 saturated carbocycles. The molecule has 2 rings (SSSR count). The predicted octanol–water partition coefficient (Wildman–Crippen LogP) is 3.55. The molecule has 5 heteroatoms. The molecule has 0 fully saturated rings. The standard InChI is InChI=1S/C17H19N3OS/c1-3-18-17(22)20-15-9-7-14(8-10-15)19-16(21)13-6-4-5-12(2)11-13/h4-11H,3H2,1-2H3,(H,19,21)(H2,18,20,22). The largest absolute Gasteiger partial charge is 0.363 e. The van der Waals surface area contributed by atoms with Gasteiger partial charge in [0.15, 0.2) is 5.11 Å². The number of hydrogen-bond acceptors (Lipinski definition) is 2. The number of amides is 1. The van der Waals surface area contributed by atoms with Crippen molar-refractivity contribution in [3.8, 4) is 0 Å². The third-order valence-electron chi connectivity index (χ3n) is 3.02. The van der Waals surface area contributed by atoms with Gasteiger partial charge in [0.2, 0.25) is 0 Å². The van der Waals surface area contributed by atoms with Crippen molar-refractivity contribution in [2.75, 3.05) is 17.2 Å². The Morgan fingerprint density at radius 3 is 2.27 bits per heavy atom. The summed E-state index contributed by atoms with van der Waals surface area (Å²) >= 11 is 5.12. The molecule has 0 aliphatic rings. The number of nitrogens with one attached hydrogen (secondary N) is 3. The fourth-order valence-corrected chi connectivity index (χ4v) is 2.22. The van der Waals surface area contributed by atoms with Crippen LogP contribution in [0.3, 0.4) is 0 Å². The summed E-state index contributed by atoms with van der Waals surface area (Å²) in [5.74, 6) is -0.118. The second kappa shape index (κ2) is 7.56. The van der Waals surface area contributed by atoms with Crippen molar-refractivity contribution in [2.45, 2.75) is 13.8 Å². The lowest BCUT2D eigenvalue weighted by atomic mass is 10.1. The lowest BCUT2D eigenvalue weighted by Crippen LogP contribution is -2.27. The van der Waals surface area contributed by atoms with E-state index in [9.17, 15) is 4.79 Å². The van der Waals surface area contributed by atoms with Crippen LogP contribution in [0, 0.1) is 6.92 Å². The highest BCUT2D eigenvalue weighted by Crippen LogP contribution is 2.15. The average Bonchev–Trinajstić information content (AvgIpc) is 2.49. The summed E-state index contributed by atoms with van der Waals surface area (Å²) in [6, 6.07) is 14.9. The highest BCUT2D eigenvalue weighted by molar-refractivity contribution is 7.80. The lowest BCUT2D eigenvalue weighted by molar-refractivity contribution is 0.102. The van der Waals surface area contributed by atoms with Crippen molar-refractivity contribution >= 4 is 34.6 Å². The number of hydrogen-bond donors (Lipinski definition) is 3. The minimum atomic E-state index is -0.118. The Labute approximate surface area is 135 Å². The summed E-state index contributed by atoms with van der Waals surface area (Å²) in [6.07, 6.45) is 0. The average molecular weight is 313 g/mol. The van der Waals surface area contributed by atoms with Gasteiger partial charge in [-0.2, -0.15) is 0 Å². The number of thiocarbonyl (C=S) groups is 1. The maximum atomic E-state index is 12.2. The van der Waals surface area contributed by atoms with Crippen LogP contribution < -0.4 is 16.0 Å². The van der Waals surface area contributed by atoms with Crippen LogP contribution in [0.2, 0.25) is 0 Å². The Bertz CT molecular complexity index is 668. The summed E-state index contributed by atoms with van der Waals surface area (Å²) in [6.45, 7) is 4.72. The molecule has 0 aliphatic heterocycles. The van der Waals surface area contributed by atoms with Crippen LogP contribution in [0.5, 0.6) is 0 Å². The fraction of sp³-hybridized carbons (Fsp3) is 0.176. The molecule has 1 amide bonds. The Morgan fingerprint density at radius 1 is 1.05 bits per heavy atom. The molecule has 0 heterocycles. The first-order valence-corrected chi connectivity index (χ1v) is 7.52. The van der Waals surface area contributed by atoms with E-state index in [2.05, 4.69) is 16.0 Å². The fourth-order valence-electron chi connectivity index (χ4n) is 1.96. The van der Waals surface area contributed by atoms with E-state index >= 15 is 0 Å². The van der Waals surface area contributed by atoms with Crippen molar-refractivity contribution < 1.29 is 4.79 Å². The third-order valence-corrected chi connectivity index (χ3v) is 3.26. The van der Waals surface area contributed by atoms with Gasteiger partial charge < -0.3 is 16.0 Å². The van der Waals surface area contributed by atoms with Crippen LogP contribution in [-0.4, -0.2) is 17.6 Å². The van der Waals surface area contributed by atoms with Gasteiger partial charge in [-0.1, -0.05) is 17.7 Å². The van der Waals surface area contributed by atoms with Crippen molar-refractivity contribution in [3.05, 3.63) is 59.7 Å². The van der Waals surface area contributed by atoms with Gasteiger partial charge in [0.05, 0.1) is 0 Å². The second-order valence-corrected chi connectivity index (χ2v) is 5.29. The van der Waals surface area contributed by atoms with Crippen LogP contribution in [0.25, 0.3) is 0 Å². The van der Waals surface area contributed by atoms with E-state index in [0.717, 1.165) is 23.5 Å². The predicted molar refractivity (Wildman–Crippen MR) is 95.5 cm³/mol. The number of carbonyl (C=O) groups is 1. The quantitative estimate of drug-likeness (QED) is 0.756. The van der Waals surface area contributed by atoms with Crippen molar-refractivity contribution in [2.24, 2.45) is 0 Å². The molecule has 22 heavy (non-hydrogen) atoms. The lowest BCUT2D eigenvalue weighted by Gasteiger charge is -2.10. The van der Waals surface area contributed by atoms with Crippen LogP contribution >= 0.6 is 12.2 Å². The van der Waals surface area contributed by atoms with E-state index in [1.807, 2.05) is 56.3 Å². The summed E-state index contributed by atoms with van der Waals surface area (Å²) in [5, 5.41) is 9.55. The molecule has 0 radical (unpaired) electrons. The first-order valence-electron chi connectivity index (χ1n) is 7.11. The molecule has 0 unspecified atom stereocenters. The van der Waals surface area contributed by atoms with Crippen LogP contribution in [0.4, 0.5) is 11.4 Å². The monoisotopic (exact) mass is 313 g/mol. The number of anilines is 2. The zero-order chi connectivity index (χ0) is 15.9. The smallest absolute Gasteiger partial charge is 0.255 e. The Kier molecular flexibility index (Phi) is 5.49. The molecule has 0 spiro atoms. The Balaban J connectivity index is 1.99. The normalized spacial score (nSPS) is 9.91. The molecule has 114 valence electrons. The van der Waals surface area contributed by atoms with E-state index in [1.54, 1.807) is 6.07 Å². The summed E-state index contributed by atoms with van der Waals surface area (Å²) in [5.41, 5.74) is 3.32. The van der Waals surface area contributed by atoms with Crippen LogP contribution in [0.15, 0.2) is 48.5 Å². The first kappa shape index (κ1) is 16.0. The third kappa shape index (κ3) is 4.56. The van der Waals surface area contributed by atoms with E-state index in [0.29, 0.717) is 10.7 Å². The molecule has 0 atom stereocenters. The van der Waals surface area contributed by atoms with Gasteiger partial charge >= 0.3 is 0 Å². The van der Waals surface area contributed by atoms with Crippen molar-refractivity contribution in [1.82, 2.24) is 5.32 Å². The van der Waals surface area contributed by atoms with Crippen LogP contribution in [-0.2, 0) is 0 Å². The zero-order valence-electron chi connectivity index (χ0n) is 12.6. The second-order valence-electron chi connectivity index (χ2n) is 4.89. The molecular weight excluding hydrogens is 294 g/mol. The zero-order valence-corrected chi connectivity index (χ0v) is 13.5. The molecule has 0 aliphatic carbocycles. The number of rotatable bonds is 4. The van der Waals surface area contributed by atoms with E-state index < -0.39 is 0 Å². The topological polar surface area (TPSA) is 53.2 Å². The van der Waals surface area contributed by atoms with Gasteiger partial charge in [0.25, 0.3) is 5.91 Å². The molecule has 2 aromatic carbocycles. The summed E-state index contributed by atoms with van der Waals surface area (Å²) < 4.78 is 0. The van der Waals surface area contributed by atoms with E-state index in [1.165, 1.54) is 0 Å². The molecule has 2 aromatic rings. The van der Waals surface area contributed by atoms with Gasteiger partial charge in [-0.05, 0) is 62.5 Å². The Morgan fingerprint density at radius 2 is 1.68 bits per heavy atom. The molecule has 4 nitrogen and oxygen atoms in total. The number of carbonyl (C=O) groups excluding carboxylic acids is 1. The molecular formula is C17H19N3OS. The van der Waals surface area contributed by atoms with Crippen molar-refractivity contribution in [3.63, 3.8) is 0 Å². The summed E-state index contributed by atoms with van der Waals surface area (Å²) in [4.78, 5) is 12.2.